The highest BCUT2D eigenvalue weighted by Gasteiger charge is 2.31. The molecule has 1 aliphatic heterocycles. The summed E-state index contributed by atoms with van der Waals surface area (Å²) in [4.78, 5) is 43.3. The van der Waals surface area contributed by atoms with Crippen molar-refractivity contribution >= 4 is 35.0 Å². The van der Waals surface area contributed by atoms with Crippen LogP contribution in [0.5, 0.6) is 5.75 Å². The number of carbonyl (C=O) groups is 3. The number of amides is 5. The number of fused-ring (bicyclic) bond motifs is 1. The van der Waals surface area contributed by atoms with E-state index < -0.39 is 12.1 Å². The number of nitrogens with one attached hydrogen (secondary N) is 3. The third kappa shape index (κ3) is 10.5. The molecular formula is C36H47N5O6. The lowest BCUT2D eigenvalue weighted by molar-refractivity contribution is -0.0115. The fourth-order valence-corrected chi connectivity index (χ4v) is 5.37. The maximum Gasteiger partial charge on any atom is 0.323 e. The van der Waals surface area contributed by atoms with Crippen LogP contribution in [-0.2, 0) is 4.74 Å². The number of para-hydroxylation sites is 2. The molecule has 0 aromatic heterocycles. The first-order valence-corrected chi connectivity index (χ1v) is 16.2. The minimum absolute atomic E-state index is 0.184. The van der Waals surface area contributed by atoms with Crippen molar-refractivity contribution in [3.05, 3.63) is 84.4 Å². The van der Waals surface area contributed by atoms with Gasteiger partial charge in [-0.15, -0.1) is 0 Å². The lowest BCUT2D eigenvalue weighted by Crippen LogP contribution is -2.48. The SMILES string of the molecule is C[C@@H]1CCCCO[C@@H](CN(C)C(=O)Nc2ccccc2)[C@@H](C)CN([C@@H](C)CO)C(=O)c2cc(NC(=O)Nc3ccccc3)ccc2O1. The highest BCUT2D eigenvalue weighted by Crippen LogP contribution is 2.29. The fraction of sp³-hybridized carbons (Fsp3) is 0.417. The number of hydrogen-bond acceptors (Lipinski definition) is 6. The largest absolute Gasteiger partial charge is 0.490 e. The number of urea groups is 2. The Kier molecular flexibility index (Phi) is 13.0. The number of carbonyl (C=O) groups excluding carboxylic acids is 3. The van der Waals surface area contributed by atoms with Gasteiger partial charge >= 0.3 is 12.1 Å². The van der Waals surface area contributed by atoms with E-state index in [1.54, 1.807) is 54.1 Å². The topological polar surface area (TPSA) is 132 Å². The summed E-state index contributed by atoms with van der Waals surface area (Å²) >= 11 is 0. The van der Waals surface area contributed by atoms with Crippen molar-refractivity contribution in [2.45, 2.75) is 58.3 Å². The molecular weight excluding hydrogens is 598 g/mol. The van der Waals surface area contributed by atoms with Gasteiger partial charge in [-0.3, -0.25) is 4.79 Å². The Morgan fingerprint density at radius 2 is 1.57 bits per heavy atom. The van der Waals surface area contributed by atoms with Crippen LogP contribution < -0.4 is 20.7 Å². The van der Waals surface area contributed by atoms with Gasteiger partial charge in [-0.1, -0.05) is 43.3 Å². The maximum absolute atomic E-state index is 14.3. The standard InChI is InChI=1S/C36H47N5O6/c1-25-22-41(26(2)24-42)34(43)31-21-30(38-35(44)37-28-14-7-5-8-15-28)18-19-32(31)47-27(3)13-11-12-20-46-33(25)23-40(4)36(45)39-29-16-9-6-10-17-29/h5-10,14-19,21,25-27,33,42H,11-13,20,22-24H2,1-4H3,(H,39,45)(H2,37,38,44)/t25-,26-,27+,33-/m0/s1. The van der Waals surface area contributed by atoms with Crippen LogP contribution in [-0.4, -0.2) is 84.5 Å². The Morgan fingerprint density at radius 3 is 2.23 bits per heavy atom. The third-order valence-corrected chi connectivity index (χ3v) is 8.17. The highest BCUT2D eigenvalue weighted by molar-refractivity contribution is 6.02. The van der Waals surface area contributed by atoms with Gasteiger partial charge in [0.25, 0.3) is 5.91 Å². The van der Waals surface area contributed by atoms with Gasteiger partial charge in [0.05, 0.1) is 30.4 Å². The van der Waals surface area contributed by atoms with Gasteiger partial charge in [-0.05, 0) is 75.6 Å². The van der Waals surface area contributed by atoms with Crippen molar-refractivity contribution < 1.29 is 29.0 Å². The smallest absolute Gasteiger partial charge is 0.323 e. The Morgan fingerprint density at radius 1 is 0.936 bits per heavy atom. The molecule has 0 saturated carbocycles. The zero-order valence-electron chi connectivity index (χ0n) is 27.6. The summed E-state index contributed by atoms with van der Waals surface area (Å²) in [5, 5.41) is 18.7. The van der Waals surface area contributed by atoms with Crippen LogP contribution in [0, 0.1) is 5.92 Å². The lowest BCUT2D eigenvalue weighted by atomic mass is 10.0. The minimum Gasteiger partial charge on any atom is -0.490 e. The van der Waals surface area contributed by atoms with Gasteiger partial charge in [0.1, 0.15) is 5.75 Å². The summed E-state index contributed by atoms with van der Waals surface area (Å²) in [6.07, 6.45) is 1.83. The number of nitrogens with zero attached hydrogens (tertiary/aromatic N) is 2. The first-order chi connectivity index (χ1) is 22.6. The summed E-state index contributed by atoms with van der Waals surface area (Å²) in [6, 6.07) is 22.1. The second-order valence-electron chi connectivity index (χ2n) is 12.1. The van der Waals surface area contributed by atoms with Crippen molar-refractivity contribution in [3.8, 4) is 5.75 Å². The monoisotopic (exact) mass is 645 g/mol. The Hall–Kier alpha value is -4.61. The normalized spacial score (nSPS) is 19.7. The molecule has 11 heteroatoms. The van der Waals surface area contributed by atoms with Crippen molar-refractivity contribution in [2.75, 3.05) is 49.3 Å². The number of aliphatic hydroxyl groups is 1. The zero-order valence-corrected chi connectivity index (χ0v) is 27.6. The number of rotatable bonds is 7. The van der Waals surface area contributed by atoms with Gasteiger partial charge in [-0.2, -0.15) is 0 Å². The number of hydrogen-bond donors (Lipinski definition) is 4. The van der Waals surface area contributed by atoms with E-state index in [2.05, 4.69) is 16.0 Å². The van der Waals surface area contributed by atoms with Crippen molar-refractivity contribution in [3.63, 3.8) is 0 Å². The molecule has 0 radical (unpaired) electrons. The van der Waals surface area contributed by atoms with Crippen LogP contribution in [0.15, 0.2) is 78.9 Å². The summed E-state index contributed by atoms with van der Waals surface area (Å²) in [6.45, 7) is 6.51. The summed E-state index contributed by atoms with van der Waals surface area (Å²) < 4.78 is 12.6. The van der Waals surface area contributed by atoms with Gasteiger partial charge in [0, 0.05) is 49.7 Å². The molecule has 0 unspecified atom stereocenters. The second kappa shape index (κ2) is 17.3. The molecule has 252 valence electrons. The van der Waals surface area contributed by atoms with E-state index in [1.165, 1.54) is 0 Å². The number of likely N-dealkylation sites (N-methyl/N-ethyl adjacent to an activating group) is 1. The predicted molar refractivity (Wildman–Crippen MR) is 184 cm³/mol. The molecule has 3 aromatic rings. The van der Waals surface area contributed by atoms with Crippen LogP contribution in [0.4, 0.5) is 26.7 Å². The average molecular weight is 646 g/mol. The van der Waals surface area contributed by atoms with Crippen LogP contribution in [0.2, 0.25) is 0 Å². The summed E-state index contributed by atoms with van der Waals surface area (Å²) in [5.74, 6) is -0.149. The molecule has 0 spiro atoms. The molecule has 4 atom stereocenters. The molecule has 47 heavy (non-hydrogen) atoms. The van der Waals surface area contributed by atoms with Crippen molar-refractivity contribution in [1.29, 1.82) is 0 Å². The molecule has 5 amide bonds. The Labute approximate surface area is 277 Å². The number of anilines is 3. The number of aliphatic hydroxyl groups excluding tert-OH is 1. The first-order valence-electron chi connectivity index (χ1n) is 16.2. The molecule has 0 aliphatic carbocycles. The first kappa shape index (κ1) is 35.2. The van der Waals surface area contributed by atoms with E-state index in [0.29, 0.717) is 36.0 Å². The Balaban J connectivity index is 1.58. The molecule has 0 fully saturated rings. The van der Waals surface area contributed by atoms with Gasteiger partial charge in [0.15, 0.2) is 0 Å². The molecule has 4 N–H and O–H groups in total. The van der Waals surface area contributed by atoms with Crippen molar-refractivity contribution in [1.82, 2.24) is 9.80 Å². The van der Waals surface area contributed by atoms with Crippen LogP contribution in [0.3, 0.4) is 0 Å². The summed E-state index contributed by atoms with van der Waals surface area (Å²) in [5.41, 5.74) is 2.02. The molecule has 0 bridgehead atoms. The van der Waals surface area contributed by atoms with E-state index >= 15 is 0 Å². The lowest BCUT2D eigenvalue weighted by Gasteiger charge is -2.35. The van der Waals surface area contributed by atoms with Crippen LogP contribution in [0.25, 0.3) is 0 Å². The number of ether oxygens (including phenoxy) is 2. The van der Waals surface area contributed by atoms with E-state index in [4.69, 9.17) is 9.47 Å². The second-order valence-corrected chi connectivity index (χ2v) is 12.1. The fourth-order valence-electron chi connectivity index (χ4n) is 5.37. The molecule has 4 rings (SSSR count). The quantitative estimate of drug-likeness (QED) is 0.239. The highest BCUT2D eigenvalue weighted by atomic mass is 16.5. The Bertz CT molecular complexity index is 1460. The summed E-state index contributed by atoms with van der Waals surface area (Å²) in [7, 11) is 1.72. The van der Waals surface area contributed by atoms with E-state index in [1.807, 2.05) is 62.4 Å². The molecule has 3 aromatic carbocycles. The third-order valence-electron chi connectivity index (χ3n) is 8.17. The molecule has 11 nitrogen and oxygen atoms in total. The zero-order chi connectivity index (χ0) is 33.8. The molecule has 1 aliphatic rings. The van der Waals surface area contributed by atoms with E-state index in [0.717, 1.165) is 19.3 Å². The maximum atomic E-state index is 14.3. The van der Waals surface area contributed by atoms with Gasteiger partial charge in [-0.25, -0.2) is 9.59 Å². The van der Waals surface area contributed by atoms with Crippen LogP contribution in [0.1, 0.15) is 50.4 Å². The number of benzene rings is 3. The van der Waals surface area contributed by atoms with Crippen molar-refractivity contribution in [2.24, 2.45) is 5.92 Å². The van der Waals surface area contributed by atoms with Crippen LogP contribution >= 0.6 is 0 Å². The van der Waals surface area contributed by atoms with E-state index in [-0.39, 0.29) is 48.8 Å². The predicted octanol–water partition coefficient (Wildman–Crippen LogP) is 6.29. The van der Waals surface area contributed by atoms with Gasteiger partial charge in [0.2, 0.25) is 0 Å². The average Bonchev–Trinajstić information content (AvgIpc) is 3.06. The minimum atomic E-state index is -0.527. The van der Waals surface area contributed by atoms with E-state index in [9.17, 15) is 19.5 Å². The molecule has 1 heterocycles. The van der Waals surface area contributed by atoms with Gasteiger partial charge < -0.3 is 40.3 Å². The molecule has 0 saturated heterocycles.